The van der Waals surface area contributed by atoms with E-state index in [0.29, 0.717) is 18.4 Å². The summed E-state index contributed by atoms with van der Waals surface area (Å²) in [6, 6.07) is 3.78. The van der Waals surface area contributed by atoms with Crippen LogP contribution in [0.3, 0.4) is 0 Å². The van der Waals surface area contributed by atoms with Gasteiger partial charge in [0.15, 0.2) is 0 Å². The molecule has 0 heterocycles. The summed E-state index contributed by atoms with van der Waals surface area (Å²) in [6.07, 6.45) is 15.6. The highest BCUT2D eigenvalue weighted by Gasteiger charge is 2.28. The number of aromatic hydroxyl groups is 1. The van der Waals surface area contributed by atoms with Gasteiger partial charge in [0.05, 0.1) is 0 Å². The molecule has 1 fully saturated rings. The number of hydrogen-bond acceptors (Lipinski definition) is 3. The van der Waals surface area contributed by atoms with E-state index in [0.717, 1.165) is 63.4 Å². The Morgan fingerprint density at radius 1 is 1.06 bits per heavy atom. The summed E-state index contributed by atoms with van der Waals surface area (Å²) in [5, 5.41) is 11.1. The van der Waals surface area contributed by atoms with Gasteiger partial charge in [0.1, 0.15) is 10.6 Å². The van der Waals surface area contributed by atoms with E-state index < -0.39 is 10.0 Å². The van der Waals surface area contributed by atoms with Gasteiger partial charge in [-0.15, -0.1) is 0 Å². The Morgan fingerprint density at radius 2 is 1.75 bits per heavy atom. The molecule has 0 spiro atoms. The Bertz CT molecular complexity index is 890. The summed E-state index contributed by atoms with van der Waals surface area (Å²) >= 11 is 0. The van der Waals surface area contributed by atoms with Crippen molar-refractivity contribution in [2.75, 3.05) is 0 Å². The molecule has 32 heavy (non-hydrogen) atoms. The monoisotopic (exact) mass is 461 g/mol. The molecule has 180 valence electrons. The third kappa shape index (κ3) is 8.40. The Morgan fingerprint density at radius 3 is 2.41 bits per heavy atom. The van der Waals surface area contributed by atoms with Gasteiger partial charge in [0.25, 0.3) is 0 Å². The topological polar surface area (TPSA) is 66.4 Å². The van der Waals surface area contributed by atoms with Crippen LogP contribution in [-0.2, 0) is 22.9 Å². The maximum atomic E-state index is 13.4. The zero-order valence-electron chi connectivity index (χ0n) is 20.5. The van der Waals surface area contributed by atoms with Gasteiger partial charge in [-0.3, -0.25) is 0 Å². The first-order valence-electron chi connectivity index (χ1n) is 12.4. The maximum absolute atomic E-state index is 13.4. The Hall–Kier alpha value is -1.59. The number of benzene rings is 1. The smallest absolute Gasteiger partial charge is 0.244 e. The molecule has 2 N–H and O–H groups in total. The van der Waals surface area contributed by atoms with Crippen LogP contribution in [0.2, 0.25) is 0 Å². The SMILES string of the molecule is CCCCCc1ccc(C/C=C(\C)CCC=C(C)C)c(O)c1S(=O)(=O)NC1CCCCC1. The van der Waals surface area contributed by atoms with Crippen molar-refractivity contribution in [1.29, 1.82) is 0 Å². The van der Waals surface area contributed by atoms with Gasteiger partial charge in [-0.25, -0.2) is 13.1 Å². The second-order valence-electron chi connectivity index (χ2n) is 9.55. The highest BCUT2D eigenvalue weighted by Crippen LogP contribution is 2.33. The molecule has 0 radical (unpaired) electrons. The molecule has 2 rings (SSSR count). The molecule has 5 heteroatoms. The van der Waals surface area contributed by atoms with E-state index in [1.165, 1.54) is 17.6 Å². The fourth-order valence-corrected chi connectivity index (χ4v) is 6.05. The molecular formula is C27H43NO3S. The number of sulfonamides is 1. The van der Waals surface area contributed by atoms with Crippen LogP contribution in [0, 0.1) is 0 Å². The van der Waals surface area contributed by atoms with Gasteiger partial charge < -0.3 is 5.11 Å². The number of rotatable bonds is 12. The Labute approximate surface area is 196 Å². The number of aryl methyl sites for hydroxylation is 1. The molecule has 1 aliphatic carbocycles. The Kier molecular flexibility index (Phi) is 11.0. The third-order valence-corrected chi connectivity index (χ3v) is 7.94. The highest BCUT2D eigenvalue weighted by atomic mass is 32.2. The number of allylic oxidation sites excluding steroid dienone is 4. The van der Waals surface area contributed by atoms with Crippen molar-refractivity contribution in [3.63, 3.8) is 0 Å². The van der Waals surface area contributed by atoms with E-state index >= 15 is 0 Å². The fraction of sp³-hybridized carbons (Fsp3) is 0.630. The van der Waals surface area contributed by atoms with Gasteiger partial charge in [-0.05, 0) is 76.8 Å². The number of nitrogens with one attached hydrogen (secondary N) is 1. The molecule has 0 bridgehead atoms. The molecular weight excluding hydrogens is 418 g/mol. The van der Waals surface area contributed by atoms with E-state index in [9.17, 15) is 13.5 Å². The van der Waals surface area contributed by atoms with E-state index in [1.807, 2.05) is 12.1 Å². The van der Waals surface area contributed by atoms with Crippen molar-refractivity contribution in [1.82, 2.24) is 4.72 Å². The summed E-state index contributed by atoms with van der Waals surface area (Å²) in [5.41, 5.74) is 3.97. The predicted octanol–water partition coefficient (Wildman–Crippen LogP) is 6.97. The van der Waals surface area contributed by atoms with Crippen molar-refractivity contribution in [3.8, 4) is 5.75 Å². The maximum Gasteiger partial charge on any atom is 0.244 e. The lowest BCUT2D eigenvalue weighted by Gasteiger charge is -2.24. The molecule has 0 amide bonds. The van der Waals surface area contributed by atoms with E-state index in [4.69, 9.17) is 0 Å². The van der Waals surface area contributed by atoms with E-state index in [-0.39, 0.29) is 16.7 Å². The first-order chi connectivity index (χ1) is 15.2. The van der Waals surface area contributed by atoms with Gasteiger partial charge >= 0.3 is 0 Å². The normalized spacial score (nSPS) is 15.7. The molecule has 1 aliphatic rings. The zero-order valence-corrected chi connectivity index (χ0v) is 21.4. The largest absolute Gasteiger partial charge is 0.506 e. The zero-order chi connectivity index (χ0) is 23.6. The molecule has 0 unspecified atom stereocenters. The predicted molar refractivity (Wildman–Crippen MR) is 135 cm³/mol. The average molecular weight is 462 g/mol. The summed E-state index contributed by atoms with van der Waals surface area (Å²) in [6.45, 7) is 8.43. The lowest BCUT2D eigenvalue weighted by molar-refractivity contribution is 0.409. The van der Waals surface area contributed by atoms with Crippen LogP contribution in [0.4, 0.5) is 0 Å². The number of phenolic OH excluding ortho intramolecular Hbond substituents is 1. The molecule has 1 aromatic carbocycles. The lowest BCUT2D eigenvalue weighted by Crippen LogP contribution is -2.36. The first-order valence-corrected chi connectivity index (χ1v) is 13.9. The van der Waals surface area contributed by atoms with Crippen LogP contribution in [-0.4, -0.2) is 19.6 Å². The number of hydrogen-bond donors (Lipinski definition) is 2. The number of phenols is 1. The first kappa shape index (κ1) is 26.7. The van der Waals surface area contributed by atoms with Crippen LogP contribution in [0.1, 0.15) is 103 Å². The van der Waals surface area contributed by atoms with Crippen molar-refractivity contribution in [3.05, 3.63) is 46.6 Å². The molecule has 4 nitrogen and oxygen atoms in total. The van der Waals surface area contributed by atoms with Crippen molar-refractivity contribution < 1.29 is 13.5 Å². The summed E-state index contributed by atoms with van der Waals surface area (Å²) in [7, 11) is -3.77. The van der Waals surface area contributed by atoms with Crippen LogP contribution in [0.25, 0.3) is 0 Å². The van der Waals surface area contributed by atoms with Gasteiger partial charge in [-0.1, -0.05) is 74.5 Å². The lowest BCUT2D eigenvalue weighted by atomic mass is 9.96. The highest BCUT2D eigenvalue weighted by molar-refractivity contribution is 7.89. The summed E-state index contributed by atoms with van der Waals surface area (Å²) in [5.74, 6) is -0.0735. The van der Waals surface area contributed by atoms with Crippen LogP contribution >= 0.6 is 0 Å². The Balaban J connectivity index is 2.28. The third-order valence-electron chi connectivity index (χ3n) is 6.30. The standard InChI is InChI=1S/C27H43NO3S/c1-5-6-8-14-24-20-19-23(18-17-22(4)13-11-12-21(2)3)26(29)27(24)32(30,31)28-25-15-9-7-10-16-25/h12,17,19-20,25,28-29H,5-11,13-16,18H2,1-4H3/b22-17+. The second-order valence-corrected chi connectivity index (χ2v) is 11.2. The van der Waals surface area contributed by atoms with Gasteiger partial charge in [-0.2, -0.15) is 0 Å². The summed E-state index contributed by atoms with van der Waals surface area (Å²) in [4.78, 5) is 0.104. The minimum Gasteiger partial charge on any atom is -0.506 e. The number of unbranched alkanes of at least 4 members (excludes halogenated alkanes) is 2. The fourth-order valence-electron chi connectivity index (χ4n) is 4.35. The van der Waals surface area contributed by atoms with E-state index in [2.05, 4.69) is 44.6 Å². The van der Waals surface area contributed by atoms with Crippen molar-refractivity contribution in [2.45, 2.75) is 116 Å². The van der Waals surface area contributed by atoms with Gasteiger partial charge in [0.2, 0.25) is 10.0 Å². The summed E-state index contributed by atoms with van der Waals surface area (Å²) < 4.78 is 29.7. The molecule has 0 aromatic heterocycles. The molecule has 0 saturated heterocycles. The minimum atomic E-state index is -3.77. The van der Waals surface area contributed by atoms with Crippen LogP contribution in [0.5, 0.6) is 5.75 Å². The molecule has 1 aromatic rings. The molecule has 1 saturated carbocycles. The van der Waals surface area contributed by atoms with Crippen molar-refractivity contribution >= 4 is 10.0 Å². The second kappa shape index (κ2) is 13.2. The molecule has 0 atom stereocenters. The van der Waals surface area contributed by atoms with Gasteiger partial charge in [0, 0.05) is 6.04 Å². The van der Waals surface area contributed by atoms with Crippen LogP contribution < -0.4 is 4.72 Å². The molecule has 0 aliphatic heterocycles. The van der Waals surface area contributed by atoms with Crippen molar-refractivity contribution in [2.24, 2.45) is 0 Å². The minimum absolute atomic E-state index is 0.0301. The van der Waals surface area contributed by atoms with E-state index in [1.54, 1.807) is 0 Å². The average Bonchev–Trinajstić information content (AvgIpc) is 2.73. The quantitative estimate of drug-likeness (QED) is 0.261. The van der Waals surface area contributed by atoms with Crippen LogP contribution in [0.15, 0.2) is 40.3 Å².